The largest absolute Gasteiger partial charge is 0.387 e. The van der Waals surface area contributed by atoms with Crippen molar-refractivity contribution in [1.82, 2.24) is 9.80 Å². The highest BCUT2D eigenvalue weighted by atomic mass is 16.3. The normalized spacial score (nSPS) is 17.3. The molecule has 0 saturated carbocycles. The minimum atomic E-state index is -0.471. The van der Waals surface area contributed by atoms with E-state index in [2.05, 4.69) is 36.1 Å². The molecule has 1 N–H and O–H groups in total. The van der Waals surface area contributed by atoms with E-state index in [4.69, 9.17) is 0 Å². The summed E-state index contributed by atoms with van der Waals surface area (Å²) in [6, 6.07) is 20.3. The van der Waals surface area contributed by atoms with Crippen molar-refractivity contribution in [1.29, 1.82) is 0 Å². The molecule has 0 aliphatic carbocycles. The molecule has 0 aromatic heterocycles. The van der Waals surface area contributed by atoms with Crippen LogP contribution >= 0.6 is 0 Å². The molecule has 150 valence electrons. The lowest BCUT2D eigenvalue weighted by Gasteiger charge is -2.36. The van der Waals surface area contributed by atoms with E-state index < -0.39 is 6.10 Å². The highest BCUT2D eigenvalue weighted by Crippen LogP contribution is 2.17. The first-order chi connectivity index (χ1) is 13.6. The second kappa shape index (κ2) is 10.4. The molecular formula is C24H32N2O2. The number of nitrogens with zero attached hydrogens (tertiary/aromatic N) is 2. The molecule has 2 atom stereocenters. The smallest absolute Gasteiger partial charge is 0.222 e. The van der Waals surface area contributed by atoms with Gasteiger partial charge in [-0.1, -0.05) is 67.6 Å². The Morgan fingerprint density at radius 1 is 0.964 bits per heavy atom. The molecule has 1 fully saturated rings. The third kappa shape index (κ3) is 6.18. The standard InChI is InChI=1S/C24H32N2O2/c1-20(12-13-21-8-4-2-5-9-21)18-24(28)26-16-14-25(15-17-26)19-23(27)22-10-6-3-7-11-22/h2-11,20,23,27H,12-19H2,1H3. The third-order valence-corrected chi connectivity index (χ3v) is 5.63. The van der Waals surface area contributed by atoms with Gasteiger partial charge in [-0.2, -0.15) is 0 Å². The monoisotopic (exact) mass is 380 g/mol. The van der Waals surface area contributed by atoms with Gasteiger partial charge in [-0.25, -0.2) is 0 Å². The molecule has 1 aliphatic heterocycles. The summed E-state index contributed by atoms with van der Waals surface area (Å²) in [6.45, 7) is 5.96. The van der Waals surface area contributed by atoms with Crippen LogP contribution < -0.4 is 0 Å². The van der Waals surface area contributed by atoms with E-state index in [1.807, 2.05) is 41.3 Å². The maximum Gasteiger partial charge on any atom is 0.222 e. The van der Waals surface area contributed by atoms with Crippen molar-refractivity contribution >= 4 is 5.91 Å². The first kappa shape index (κ1) is 20.6. The fraction of sp³-hybridized carbons (Fsp3) is 0.458. The maximum absolute atomic E-state index is 12.6. The van der Waals surface area contributed by atoms with Crippen LogP contribution in [0.25, 0.3) is 0 Å². The van der Waals surface area contributed by atoms with Crippen LogP contribution in [-0.2, 0) is 11.2 Å². The molecule has 28 heavy (non-hydrogen) atoms. The van der Waals surface area contributed by atoms with E-state index in [1.54, 1.807) is 0 Å². The number of β-amino-alcohol motifs (C(OH)–C–C–N with tert-alkyl or cyclic N) is 1. The minimum absolute atomic E-state index is 0.267. The van der Waals surface area contributed by atoms with Crippen molar-refractivity contribution in [2.24, 2.45) is 5.92 Å². The molecule has 2 aromatic rings. The van der Waals surface area contributed by atoms with E-state index in [0.717, 1.165) is 44.6 Å². The maximum atomic E-state index is 12.6. The summed E-state index contributed by atoms with van der Waals surface area (Å²) in [5.74, 6) is 0.662. The molecule has 0 spiro atoms. The molecule has 3 rings (SSSR count). The Morgan fingerprint density at radius 2 is 1.57 bits per heavy atom. The van der Waals surface area contributed by atoms with E-state index in [9.17, 15) is 9.90 Å². The van der Waals surface area contributed by atoms with Crippen LogP contribution in [-0.4, -0.2) is 53.5 Å². The van der Waals surface area contributed by atoms with Crippen molar-refractivity contribution in [3.05, 3.63) is 71.8 Å². The molecule has 0 bridgehead atoms. The van der Waals surface area contributed by atoms with Gasteiger partial charge in [0.2, 0.25) is 5.91 Å². The Morgan fingerprint density at radius 3 is 2.21 bits per heavy atom. The number of amides is 1. The fourth-order valence-electron chi connectivity index (χ4n) is 3.79. The molecule has 2 aromatic carbocycles. The van der Waals surface area contributed by atoms with Crippen LogP contribution in [0.15, 0.2) is 60.7 Å². The number of piperazine rings is 1. The predicted molar refractivity (Wildman–Crippen MR) is 113 cm³/mol. The van der Waals surface area contributed by atoms with Gasteiger partial charge in [-0.05, 0) is 29.9 Å². The number of benzene rings is 2. The Balaban J connectivity index is 1.37. The summed E-state index contributed by atoms with van der Waals surface area (Å²) >= 11 is 0. The molecular weight excluding hydrogens is 348 g/mol. The Bertz CT molecular complexity index is 712. The molecule has 1 heterocycles. The summed E-state index contributed by atoms with van der Waals surface area (Å²) < 4.78 is 0. The Hall–Kier alpha value is -2.17. The predicted octanol–water partition coefficient (Wildman–Crippen LogP) is 3.52. The van der Waals surface area contributed by atoms with Gasteiger partial charge < -0.3 is 10.0 Å². The van der Waals surface area contributed by atoms with Crippen molar-refractivity contribution < 1.29 is 9.90 Å². The molecule has 1 aliphatic rings. The first-order valence-corrected chi connectivity index (χ1v) is 10.4. The summed E-state index contributed by atoms with van der Waals surface area (Å²) in [5, 5.41) is 10.4. The van der Waals surface area contributed by atoms with Gasteiger partial charge >= 0.3 is 0 Å². The number of rotatable bonds is 8. The number of carbonyl (C=O) groups is 1. The van der Waals surface area contributed by atoms with E-state index in [1.165, 1.54) is 5.56 Å². The topological polar surface area (TPSA) is 43.8 Å². The van der Waals surface area contributed by atoms with Gasteiger partial charge in [0.25, 0.3) is 0 Å². The van der Waals surface area contributed by atoms with E-state index in [0.29, 0.717) is 18.9 Å². The van der Waals surface area contributed by atoms with Crippen LogP contribution in [0.2, 0.25) is 0 Å². The number of aryl methyl sites for hydroxylation is 1. The van der Waals surface area contributed by atoms with Crippen LogP contribution in [0, 0.1) is 5.92 Å². The van der Waals surface area contributed by atoms with E-state index in [-0.39, 0.29) is 5.91 Å². The molecule has 2 unspecified atom stereocenters. The number of hydrogen-bond acceptors (Lipinski definition) is 3. The van der Waals surface area contributed by atoms with Crippen molar-refractivity contribution in [3.8, 4) is 0 Å². The number of aliphatic hydroxyl groups is 1. The Labute approximate surface area is 168 Å². The van der Waals surface area contributed by atoms with Gasteiger partial charge in [0.15, 0.2) is 0 Å². The average Bonchev–Trinajstić information content (AvgIpc) is 2.74. The number of carbonyl (C=O) groups excluding carboxylic acids is 1. The highest BCUT2D eigenvalue weighted by molar-refractivity contribution is 5.76. The number of aliphatic hydroxyl groups excluding tert-OH is 1. The summed E-state index contributed by atoms with van der Waals surface area (Å²) in [7, 11) is 0. The van der Waals surface area contributed by atoms with Crippen LogP contribution in [0.1, 0.15) is 37.0 Å². The SMILES string of the molecule is CC(CCc1ccccc1)CC(=O)N1CCN(CC(O)c2ccccc2)CC1. The Kier molecular flexibility index (Phi) is 7.63. The molecule has 1 amide bonds. The summed E-state index contributed by atoms with van der Waals surface area (Å²) in [4.78, 5) is 16.9. The van der Waals surface area contributed by atoms with Crippen molar-refractivity contribution in [2.45, 2.75) is 32.3 Å². The molecule has 4 nitrogen and oxygen atoms in total. The average molecular weight is 381 g/mol. The molecule has 4 heteroatoms. The zero-order valence-corrected chi connectivity index (χ0v) is 16.8. The van der Waals surface area contributed by atoms with Gasteiger partial charge in [0, 0.05) is 39.1 Å². The van der Waals surface area contributed by atoms with Crippen molar-refractivity contribution in [3.63, 3.8) is 0 Å². The van der Waals surface area contributed by atoms with Crippen LogP contribution in [0.3, 0.4) is 0 Å². The fourth-order valence-corrected chi connectivity index (χ4v) is 3.79. The van der Waals surface area contributed by atoms with E-state index >= 15 is 0 Å². The van der Waals surface area contributed by atoms with Crippen molar-refractivity contribution in [2.75, 3.05) is 32.7 Å². The van der Waals surface area contributed by atoms with Crippen LogP contribution in [0.4, 0.5) is 0 Å². The lowest BCUT2D eigenvalue weighted by atomic mass is 9.97. The quantitative estimate of drug-likeness (QED) is 0.762. The zero-order valence-electron chi connectivity index (χ0n) is 16.8. The van der Waals surface area contributed by atoms with Gasteiger partial charge in [-0.15, -0.1) is 0 Å². The third-order valence-electron chi connectivity index (χ3n) is 5.63. The van der Waals surface area contributed by atoms with Crippen LogP contribution in [0.5, 0.6) is 0 Å². The van der Waals surface area contributed by atoms with Gasteiger partial charge in [-0.3, -0.25) is 9.69 Å². The van der Waals surface area contributed by atoms with Gasteiger partial charge in [0.1, 0.15) is 0 Å². The second-order valence-electron chi connectivity index (χ2n) is 7.94. The first-order valence-electron chi connectivity index (χ1n) is 10.4. The molecule has 0 radical (unpaired) electrons. The number of hydrogen-bond donors (Lipinski definition) is 1. The van der Waals surface area contributed by atoms with Gasteiger partial charge in [0.05, 0.1) is 6.10 Å². The zero-order chi connectivity index (χ0) is 19.8. The lowest BCUT2D eigenvalue weighted by Crippen LogP contribution is -2.49. The lowest BCUT2D eigenvalue weighted by molar-refractivity contribution is -0.134. The second-order valence-corrected chi connectivity index (χ2v) is 7.94. The summed E-state index contributed by atoms with van der Waals surface area (Å²) in [5.41, 5.74) is 2.29. The molecule has 1 saturated heterocycles. The summed E-state index contributed by atoms with van der Waals surface area (Å²) in [6.07, 6.45) is 2.22. The minimum Gasteiger partial charge on any atom is -0.387 e. The highest BCUT2D eigenvalue weighted by Gasteiger charge is 2.23.